The van der Waals surface area contributed by atoms with Crippen LogP contribution in [0.1, 0.15) is 33.3 Å². The molecule has 142 valence electrons. The Morgan fingerprint density at radius 2 is 1.81 bits per heavy atom. The number of halogens is 1. The monoisotopic (exact) mass is 386 g/mol. The number of benzene rings is 1. The maximum atomic E-state index is 12.7. The molecule has 2 heterocycles. The molecule has 1 saturated heterocycles. The van der Waals surface area contributed by atoms with E-state index in [1.807, 2.05) is 12.1 Å². The Kier molecular flexibility index (Phi) is 6.42. The SMILES string of the molecule is CCN1CCN(C(=O)c2cc(C(=O)NCc3ccc(Cl)cc3)ccn2)CC1. The van der Waals surface area contributed by atoms with E-state index in [-0.39, 0.29) is 11.8 Å². The van der Waals surface area contributed by atoms with Gasteiger partial charge in [-0.05, 0) is 36.4 Å². The third-order valence-corrected chi connectivity index (χ3v) is 4.97. The summed E-state index contributed by atoms with van der Waals surface area (Å²) in [6, 6.07) is 10.5. The molecule has 1 aromatic heterocycles. The van der Waals surface area contributed by atoms with Crippen molar-refractivity contribution in [3.63, 3.8) is 0 Å². The molecule has 3 rings (SSSR count). The lowest BCUT2D eigenvalue weighted by Gasteiger charge is -2.33. The smallest absolute Gasteiger partial charge is 0.272 e. The van der Waals surface area contributed by atoms with Gasteiger partial charge in [0.05, 0.1) is 0 Å². The Morgan fingerprint density at radius 3 is 2.48 bits per heavy atom. The third-order valence-electron chi connectivity index (χ3n) is 4.71. The summed E-state index contributed by atoms with van der Waals surface area (Å²) < 4.78 is 0. The van der Waals surface area contributed by atoms with E-state index in [0.717, 1.165) is 25.2 Å². The van der Waals surface area contributed by atoms with Gasteiger partial charge in [0.1, 0.15) is 5.69 Å². The summed E-state index contributed by atoms with van der Waals surface area (Å²) in [5.41, 5.74) is 1.68. The average molecular weight is 387 g/mol. The van der Waals surface area contributed by atoms with Crippen LogP contribution in [-0.4, -0.2) is 59.3 Å². The largest absolute Gasteiger partial charge is 0.348 e. The quantitative estimate of drug-likeness (QED) is 0.857. The number of carbonyl (C=O) groups excluding carboxylic acids is 2. The average Bonchev–Trinajstić information content (AvgIpc) is 2.72. The van der Waals surface area contributed by atoms with Gasteiger partial charge in [0.15, 0.2) is 0 Å². The van der Waals surface area contributed by atoms with Crippen LogP contribution in [0.15, 0.2) is 42.6 Å². The maximum absolute atomic E-state index is 12.7. The highest BCUT2D eigenvalue weighted by Crippen LogP contribution is 2.11. The maximum Gasteiger partial charge on any atom is 0.272 e. The minimum absolute atomic E-state index is 0.127. The van der Waals surface area contributed by atoms with Crippen molar-refractivity contribution in [1.82, 2.24) is 20.1 Å². The number of piperazine rings is 1. The van der Waals surface area contributed by atoms with Crippen LogP contribution < -0.4 is 5.32 Å². The standard InChI is InChI=1S/C20H23ClN4O2/c1-2-24-9-11-25(12-10-24)20(27)18-13-16(7-8-22-18)19(26)23-14-15-3-5-17(21)6-4-15/h3-8,13H,2,9-12,14H2,1H3,(H,23,26). The van der Waals surface area contributed by atoms with Crippen LogP contribution in [0.25, 0.3) is 0 Å². The molecule has 2 amide bonds. The van der Waals surface area contributed by atoms with Crippen molar-refractivity contribution in [2.24, 2.45) is 0 Å². The second-order valence-corrected chi connectivity index (χ2v) is 6.90. The van der Waals surface area contributed by atoms with Crippen LogP contribution in [0, 0.1) is 0 Å². The number of amides is 2. The second kappa shape index (κ2) is 8.97. The molecule has 1 aliphatic rings. The molecule has 0 unspecified atom stereocenters. The fourth-order valence-corrected chi connectivity index (χ4v) is 3.13. The first-order chi connectivity index (χ1) is 13.1. The number of nitrogens with zero attached hydrogens (tertiary/aromatic N) is 3. The molecule has 7 heteroatoms. The molecule has 1 aliphatic heterocycles. The van der Waals surface area contributed by atoms with E-state index in [2.05, 4.69) is 22.1 Å². The first-order valence-corrected chi connectivity index (χ1v) is 9.45. The van der Waals surface area contributed by atoms with E-state index in [4.69, 9.17) is 11.6 Å². The zero-order chi connectivity index (χ0) is 19.2. The normalized spacial score (nSPS) is 14.8. The summed E-state index contributed by atoms with van der Waals surface area (Å²) in [4.78, 5) is 33.4. The summed E-state index contributed by atoms with van der Waals surface area (Å²) in [7, 11) is 0. The highest BCUT2D eigenvalue weighted by atomic mass is 35.5. The van der Waals surface area contributed by atoms with Crippen molar-refractivity contribution in [3.05, 3.63) is 64.4 Å². The summed E-state index contributed by atoms with van der Waals surface area (Å²) in [6.07, 6.45) is 1.51. The van der Waals surface area contributed by atoms with E-state index in [1.165, 1.54) is 6.20 Å². The van der Waals surface area contributed by atoms with Crippen molar-refractivity contribution in [2.75, 3.05) is 32.7 Å². The number of aromatic nitrogens is 1. The first kappa shape index (κ1) is 19.3. The van der Waals surface area contributed by atoms with Gasteiger partial charge in [0.25, 0.3) is 11.8 Å². The number of hydrogen-bond donors (Lipinski definition) is 1. The molecule has 0 radical (unpaired) electrons. The Morgan fingerprint density at radius 1 is 1.11 bits per heavy atom. The Hall–Kier alpha value is -2.44. The van der Waals surface area contributed by atoms with Crippen LogP contribution in [0.5, 0.6) is 0 Å². The lowest BCUT2D eigenvalue weighted by atomic mass is 10.1. The minimum Gasteiger partial charge on any atom is -0.348 e. The van der Waals surface area contributed by atoms with Crippen LogP contribution in [0.2, 0.25) is 5.02 Å². The molecule has 1 N–H and O–H groups in total. The van der Waals surface area contributed by atoms with E-state index in [1.54, 1.807) is 29.2 Å². The molecule has 0 aliphatic carbocycles. The molecule has 0 saturated carbocycles. The van der Waals surface area contributed by atoms with Crippen LogP contribution in [0.4, 0.5) is 0 Å². The number of rotatable bonds is 5. The lowest BCUT2D eigenvalue weighted by molar-refractivity contribution is 0.0637. The predicted molar refractivity (Wildman–Crippen MR) is 105 cm³/mol. The minimum atomic E-state index is -0.239. The van der Waals surface area contributed by atoms with Gasteiger partial charge in [-0.15, -0.1) is 0 Å². The molecule has 27 heavy (non-hydrogen) atoms. The third kappa shape index (κ3) is 5.05. The number of carbonyl (C=O) groups is 2. The predicted octanol–water partition coefficient (Wildman–Crippen LogP) is 2.44. The fraction of sp³-hybridized carbons (Fsp3) is 0.350. The van der Waals surface area contributed by atoms with Crippen molar-refractivity contribution >= 4 is 23.4 Å². The number of hydrogen-bond acceptors (Lipinski definition) is 4. The molecule has 1 fully saturated rings. The lowest BCUT2D eigenvalue weighted by Crippen LogP contribution is -2.48. The Balaban J connectivity index is 1.61. The number of nitrogens with one attached hydrogen (secondary N) is 1. The van der Waals surface area contributed by atoms with Crippen molar-refractivity contribution in [3.8, 4) is 0 Å². The van der Waals surface area contributed by atoms with Gasteiger partial charge in [0.2, 0.25) is 0 Å². The Bertz CT molecular complexity index is 802. The molecular weight excluding hydrogens is 364 g/mol. The number of pyridine rings is 1. The molecule has 2 aromatic rings. The molecule has 0 spiro atoms. The van der Waals surface area contributed by atoms with E-state index in [9.17, 15) is 9.59 Å². The van der Waals surface area contributed by atoms with Gasteiger partial charge in [-0.25, -0.2) is 0 Å². The van der Waals surface area contributed by atoms with Gasteiger partial charge < -0.3 is 15.1 Å². The van der Waals surface area contributed by atoms with Gasteiger partial charge in [-0.3, -0.25) is 14.6 Å². The van der Waals surface area contributed by atoms with Gasteiger partial charge in [-0.2, -0.15) is 0 Å². The summed E-state index contributed by atoms with van der Waals surface area (Å²) in [5.74, 6) is -0.365. The zero-order valence-electron chi connectivity index (χ0n) is 15.3. The molecule has 6 nitrogen and oxygen atoms in total. The van der Waals surface area contributed by atoms with Crippen molar-refractivity contribution in [1.29, 1.82) is 0 Å². The summed E-state index contributed by atoms with van der Waals surface area (Å²) in [6.45, 7) is 6.59. The van der Waals surface area contributed by atoms with Gasteiger partial charge in [0, 0.05) is 49.5 Å². The fourth-order valence-electron chi connectivity index (χ4n) is 3.00. The highest BCUT2D eigenvalue weighted by Gasteiger charge is 2.22. The van der Waals surface area contributed by atoms with Gasteiger partial charge >= 0.3 is 0 Å². The van der Waals surface area contributed by atoms with Crippen LogP contribution >= 0.6 is 11.6 Å². The molecular formula is C20H23ClN4O2. The number of likely N-dealkylation sites (N-methyl/N-ethyl adjacent to an activating group) is 1. The first-order valence-electron chi connectivity index (χ1n) is 9.07. The molecule has 0 atom stereocenters. The van der Waals surface area contributed by atoms with E-state index in [0.29, 0.717) is 35.9 Å². The molecule has 0 bridgehead atoms. The second-order valence-electron chi connectivity index (χ2n) is 6.47. The molecule has 1 aromatic carbocycles. The van der Waals surface area contributed by atoms with Crippen molar-refractivity contribution < 1.29 is 9.59 Å². The van der Waals surface area contributed by atoms with Crippen molar-refractivity contribution in [2.45, 2.75) is 13.5 Å². The van der Waals surface area contributed by atoms with E-state index >= 15 is 0 Å². The summed E-state index contributed by atoms with van der Waals surface area (Å²) in [5, 5.41) is 3.51. The van der Waals surface area contributed by atoms with Crippen LogP contribution in [-0.2, 0) is 6.54 Å². The van der Waals surface area contributed by atoms with Gasteiger partial charge in [-0.1, -0.05) is 30.7 Å². The Labute approximate surface area is 164 Å². The van der Waals surface area contributed by atoms with E-state index < -0.39 is 0 Å². The zero-order valence-corrected chi connectivity index (χ0v) is 16.1. The summed E-state index contributed by atoms with van der Waals surface area (Å²) >= 11 is 5.86. The topological polar surface area (TPSA) is 65.5 Å². The highest BCUT2D eigenvalue weighted by molar-refractivity contribution is 6.30. The van der Waals surface area contributed by atoms with Crippen LogP contribution in [0.3, 0.4) is 0 Å².